The molecule has 2 N–H and O–H groups in total. The Hall–Kier alpha value is -1.59. The number of amides is 2. The smallest absolute Gasteiger partial charge is 0.317 e. The number of likely N-dealkylation sites (N-methyl/N-ethyl adjacent to an activating group) is 1. The molecule has 1 aliphatic rings. The Morgan fingerprint density at radius 2 is 1.91 bits per heavy atom. The summed E-state index contributed by atoms with van der Waals surface area (Å²) in [5, 5.41) is 13.0. The molecule has 1 unspecified atom stereocenters. The molecule has 0 saturated carbocycles. The number of aliphatic hydroxyl groups is 1. The number of hydrogen-bond donors (Lipinski definition) is 2. The minimum atomic E-state index is -0.900. The summed E-state index contributed by atoms with van der Waals surface area (Å²) in [5.41, 5.74) is 0.216. The summed E-state index contributed by atoms with van der Waals surface area (Å²) in [6, 6.07) is 9.90. The van der Waals surface area contributed by atoms with Gasteiger partial charge in [-0.05, 0) is 45.3 Å². The van der Waals surface area contributed by atoms with Crippen molar-refractivity contribution in [1.29, 1.82) is 0 Å². The molecule has 1 fully saturated rings. The summed E-state index contributed by atoms with van der Waals surface area (Å²) in [7, 11) is 1.71. The molecule has 0 spiro atoms. The van der Waals surface area contributed by atoms with E-state index in [1.807, 2.05) is 18.2 Å². The predicted molar refractivity (Wildman–Crippen MR) is 92.3 cm³/mol. The highest BCUT2D eigenvalue weighted by molar-refractivity contribution is 5.74. The Balaban J connectivity index is 2.03. The predicted octanol–water partition coefficient (Wildman–Crippen LogP) is 2.24. The fraction of sp³-hybridized carbons (Fsp3) is 0.611. The lowest BCUT2D eigenvalue weighted by Gasteiger charge is -2.30. The third kappa shape index (κ3) is 5.84. The van der Waals surface area contributed by atoms with Crippen LogP contribution in [-0.2, 0) is 0 Å². The van der Waals surface area contributed by atoms with Crippen molar-refractivity contribution in [2.75, 3.05) is 33.2 Å². The van der Waals surface area contributed by atoms with Crippen LogP contribution in [0, 0.1) is 0 Å². The number of carbonyl (C=O) groups is 1. The molecule has 1 aliphatic heterocycles. The first-order valence-corrected chi connectivity index (χ1v) is 8.36. The second-order valence-corrected chi connectivity index (χ2v) is 7.09. The van der Waals surface area contributed by atoms with E-state index >= 15 is 0 Å². The highest BCUT2D eigenvalue weighted by atomic mass is 16.3. The van der Waals surface area contributed by atoms with Gasteiger partial charge in [-0.25, -0.2) is 4.79 Å². The summed E-state index contributed by atoms with van der Waals surface area (Å²) >= 11 is 0. The first-order chi connectivity index (χ1) is 10.8. The number of hydrogen-bond acceptors (Lipinski definition) is 3. The molecule has 1 heterocycles. The minimum absolute atomic E-state index is 0.0361. The van der Waals surface area contributed by atoms with E-state index in [4.69, 9.17) is 0 Å². The lowest BCUT2D eigenvalue weighted by atomic mass is 10.1. The van der Waals surface area contributed by atoms with E-state index in [0.29, 0.717) is 6.54 Å². The molecule has 0 bridgehead atoms. The van der Waals surface area contributed by atoms with E-state index in [1.54, 1.807) is 25.8 Å². The molecule has 1 aromatic carbocycles. The Kier molecular flexibility index (Phi) is 6.02. The summed E-state index contributed by atoms with van der Waals surface area (Å²) in [6.45, 7) is 6.72. The van der Waals surface area contributed by atoms with Crippen molar-refractivity contribution in [2.45, 2.75) is 38.3 Å². The molecular weight excluding hydrogens is 290 g/mol. The van der Waals surface area contributed by atoms with Crippen LogP contribution in [0.15, 0.2) is 30.3 Å². The highest BCUT2D eigenvalue weighted by Crippen LogP contribution is 2.18. The summed E-state index contributed by atoms with van der Waals surface area (Å²) < 4.78 is 0. The van der Waals surface area contributed by atoms with Gasteiger partial charge in [0.05, 0.1) is 18.2 Å². The second-order valence-electron chi connectivity index (χ2n) is 7.09. The van der Waals surface area contributed by atoms with E-state index in [-0.39, 0.29) is 12.1 Å². The van der Waals surface area contributed by atoms with Crippen LogP contribution in [0.3, 0.4) is 0 Å². The molecular formula is C18H29N3O2. The van der Waals surface area contributed by atoms with Crippen molar-refractivity contribution in [1.82, 2.24) is 15.1 Å². The van der Waals surface area contributed by atoms with Crippen molar-refractivity contribution in [3.63, 3.8) is 0 Å². The number of urea groups is 1. The van der Waals surface area contributed by atoms with Crippen LogP contribution in [0.4, 0.5) is 4.79 Å². The fourth-order valence-electron chi connectivity index (χ4n) is 3.05. The van der Waals surface area contributed by atoms with Crippen LogP contribution < -0.4 is 5.32 Å². The van der Waals surface area contributed by atoms with Crippen LogP contribution >= 0.6 is 0 Å². The molecule has 2 rings (SSSR count). The zero-order chi connectivity index (χ0) is 16.9. The van der Waals surface area contributed by atoms with Gasteiger partial charge in [-0.2, -0.15) is 0 Å². The molecule has 1 saturated heterocycles. The standard InChI is InChI=1S/C18H29N3O2/c1-18(2,23)14-20(3)17(22)19-16(13-21-11-7-8-12-21)15-9-5-4-6-10-15/h4-6,9-10,16,23H,7-8,11-14H2,1-3H3,(H,19,22). The SMILES string of the molecule is CN(CC(C)(C)O)C(=O)NC(CN1CCCC1)c1ccccc1. The molecule has 0 aliphatic carbocycles. The number of nitrogens with one attached hydrogen (secondary N) is 1. The molecule has 5 heteroatoms. The van der Waals surface area contributed by atoms with E-state index in [1.165, 1.54) is 12.8 Å². The van der Waals surface area contributed by atoms with Gasteiger partial charge in [-0.1, -0.05) is 30.3 Å². The van der Waals surface area contributed by atoms with E-state index in [2.05, 4.69) is 22.3 Å². The zero-order valence-corrected chi connectivity index (χ0v) is 14.5. The molecule has 0 aromatic heterocycles. The van der Waals surface area contributed by atoms with Gasteiger partial charge in [0.2, 0.25) is 0 Å². The van der Waals surface area contributed by atoms with Crippen molar-refractivity contribution < 1.29 is 9.90 Å². The Labute approximate surface area is 139 Å². The molecule has 1 aromatic rings. The second kappa shape index (κ2) is 7.79. The normalized spacial score (nSPS) is 17.0. The van der Waals surface area contributed by atoms with Gasteiger partial charge in [0, 0.05) is 13.6 Å². The molecule has 23 heavy (non-hydrogen) atoms. The van der Waals surface area contributed by atoms with Crippen molar-refractivity contribution in [3.05, 3.63) is 35.9 Å². The number of nitrogens with zero attached hydrogens (tertiary/aromatic N) is 2. The lowest BCUT2D eigenvalue weighted by molar-refractivity contribution is 0.0526. The largest absolute Gasteiger partial charge is 0.389 e. The lowest BCUT2D eigenvalue weighted by Crippen LogP contribution is -2.47. The van der Waals surface area contributed by atoms with E-state index in [0.717, 1.165) is 25.2 Å². The Morgan fingerprint density at radius 3 is 2.48 bits per heavy atom. The van der Waals surface area contributed by atoms with Gasteiger partial charge < -0.3 is 20.2 Å². The average Bonchev–Trinajstić information content (AvgIpc) is 2.98. The van der Waals surface area contributed by atoms with Crippen LogP contribution in [0.25, 0.3) is 0 Å². The number of benzene rings is 1. The molecule has 5 nitrogen and oxygen atoms in total. The van der Waals surface area contributed by atoms with E-state index < -0.39 is 5.60 Å². The van der Waals surface area contributed by atoms with Gasteiger partial charge in [0.15, 0.2) is 0 Å². The van der Waals surface area contributed by atoms with Gasteiger partial charge in [0.1, 0.15) is 0 Å². The third-order valence-corrected chi connectivity index (χ3v) is 4.11. The number of likely N-dealkylation sites (tertiary alicyclic amines) is 1. The van der Waals surface area contributed by atoms with Gasteiger partial charge in [0.25, 0.3) is 0 Å². The summed E-state index contributed by atoms with van der Waals surface area (Å²) in [5.74, 6) is 0. The van der Waals surface area contributed by atoms with Gasteiger partial charge >= 0.3 is 6.03 Å². The summed E-state index contributed by atoms with van der Waals surface area (Å²) in [6.07, 6.45) is 2.46. The molecule has 128 valence electrons. The fourth-order valence-corrected chi connectivity index (χ4v) is 3.05. The Morgan fingerprint density at radius 1 is 1.30 bits per heavy atom. The monoisotopic (exact) mass is 319 g/mol. The van der Waals surface area contributed by atoms with Crippen molar-refractivity contribution >= 4 is 6.03 Å². The quantitative estimate of drug-likeness (QED) is 0.845. The Bertz CT molecular complexity index is 493. The first-order valence-electron chi connectivity index (χ1n) is 8.36. The third-order valence-electron chi connectivity index (χ3n) is 4.11. The number of carbonyl (C=O) groups excluding carboxylic acids is 1. The highest BCUT2D eigenvalue weighted by Gasteiger charge is 2.24. The molecule has 0 radical (unpaired) electrons. The molecule has 2 amide bonds. The summed E-state index contributed by atoms with van der Waals surface area (Å²) in [4.78, 5) is 16.4. The van der Waals surface area contributed by atoms with Gasteiger partial charge in [-0.3, -0.25) is 0 Å². The first kappa shape index (κ1) is 17.8. The van der Waals surface area contributed by atoms with Crippen LogP contribution in [0.5, 0.6) is 0 Å². The van der Waals surface area contributed by atoms with Crippen molar-refractivity contribution in [3.8, 4) is 0 Å². The average molecular weight is 319 g/mol. The van der Waals surface area contributed by atoms with Crippen LogP contribution in [0.1, 0.15) is 38.3 Å². The number of rotatable bonds is 6. The molecule has 1 atom stereocenters. The van der Waals surface area contributed by atoms with Crippen LogP contribution in [0.2, 0.25) is 0 Å². The van der Waals surface area contributed by atoms with Crippen molar-refractivity contribution in [2.24, 2.45) is 0 Å². The maximum atomic E-state index is 12.5. The topological polar surface area (TPSA) is 55.8 Å². The van der Waals surface area contributed by atoms with Crippen LogP contribution in [-0.4, -0.2) is 59.8 Å². The van der Waals surface area contributed by atoms with Gasteiger partial charge in [-0.15, -0.1) is 0 Å². The maximum Gasteiger partial charge on any atom is 0.317 e. The van der Waals surface area contributed by atoms with E-state index in [9.17, 15) is 9.90 Å². The zero-order valence-electron chi connectivity index (χ0n) is 14.5. The minimum Gasteiger partial charge on any atom is -0.389 e. The maximum absolute atomic E-state index is 12.5.